The van der Waals surface area contributed by atoms with Crippen molar-refractivity contribution in [1.82, 2.24) is 29.6 Å². The summed E-state index contributed by atoms with van der Waals surface area (Å²) >= 11 is 0. The Hall–Kier alpha value is -3.07. The molecule has 0 saturated heterocycles. The van der Waals surface area contributed by atoms with Crippen LogP contribution in [0.3, 0.4) is 0 Å². The average molecular weight is 356 g/mol. The molecule has 0 aliphatic heterocycles. The lowest BCUT2D eigenvalue weighted by Crippen LogP contribution is -2.32. The largest absolute Gasteiger partial charge is 0.385 e. The van der Waals surface area contributed by atoms with Gasteiger partial charge in [0.15, 0.2) is 5.82 Å². The van der Waals surface area contributed by atoms with Crippen LogP contribution in [-0.2, 0) is 29.2 Å². The summed E-state index contributed by atoms with van der Waals surface area (Å²) in [5.41, 5.74) is 0.367. The van der Waals surface area contributed by atoms with Gasteiger partial charge in [-0.05, 0) is 18.6 Å². The van der Waals surface area contributed by atoms with Crippen LogP contribution in [-0.4, -0.2) is 43.9 Å². The van der Waals surface area contributed by atoms with Crippen LogP contribution in [0.4, 0.5) is 0 Å². The molecular formula is C17H20N6O3. The standard InChI is InChI=1S/C17H20N6O3/c1-26-8-4-7-22-12-20-21-15(22)9-18-16(24)10-23-11-19-14-6-3-2-5-13(14)17(23)25/h2-3,5-6,11-12H,4,7-10H2,1H3,(H,18,24). The lowest BCUT2D eigenvalue weighted by molar-refractivity contribution is -0.121. The van der Waals surface area contributed by atoms with Crippen LogP contribution in [0.5, 0.6) is 0 Å². The van der Waals surface area contributed by atoms with Gasteiger partial charge >= 0.3 is 0 Å². The number of carbonyl (C=O) groups excluding carboxylic acids is 1. The highest BCUT2D eigenvalue weighted by atomic mass is 16.5. The number of aryl methyl sites for hydroxylation is 1. The molecule has 0 unspecified atom stereocenters. The molecule has 0 atom stereocenters. The van der Waals surface area contributed by atoms with Gasteiger partial charge in [0.1, 0.15) is 12.9 Å². The van der Waals surface area contributed by atoms with Crippen LogP contribution in [0.15, 0.2) is 41.7 Å². The van der Waals surface area contributed by atoms with Crippen molar-refractivity contribution in [2.75, 3.05) is 13.7 Å². The maximum Gasteiger partial charge on any atom is 0.261 e. The van der Waals surface area contributed by atoms with E-state index >= 15 is 0 Å². The van der Waals surface area contributed by atoms with Gasteiger partial charge < -0.3 is 14.6 Å². The van der Waals surface area contributed by atoms with Gasteiger partial charge in [0.05, 0.1) is 23.8 Å². The Labute approximate surface area is 149 Å². The number of methoxy groups -OCH3 is 1. The fraction of sp³-hybridized carbons (Fsp3) is 0.353. The van der Waals surface area contributed by atoms with Crippen molar-refractivity contribution in [2.45, 2.75) is 26.1 Å². The van der Waals surface area contributed by atoms with E-state index < -0.39 is 0 Å². The second-order valence-electron chi connectivity index (χ2n) is 5.76. The third kappa shape index (κ3) is 4.12. The third-order valence-electron chi connectivity index (χ3n) is 3.93. The first-order valence-corrected chi connectivity index (χ1v) is 8.25. The van der Waals surface area contributed by atoms with Gasteiger partial charge in [0, 0.05) is 20.3 Å². The van der Waals surface area contributed by atoms with Crippen molar-refractivity contribution in [1.29, 1.82) is 0 Å². The molecule has 3 rings (SSSR count). The average Bonchev–Trinajstić information content (AvgIpc) is 3.10. The number of benzene rings is 1. The van der Waals surface area contributed by atoms with Crippen molar-refractivity contribution < 1.29 is 9.53 Å². The quantitative estimate of drug-likeness (QED) is 0.584. The second-order valence-corrected chi connectivity index (χ2v) is 5.76. The first kappa shape index (κ1) is 17.7. The molecule has 9 nitrogen and oxygen atoms in total. The lowest BCUT2D eigenvalue weighted by Gasteiger charge is -2.09. The van der Waals surface area contributed by atoms with Crippen molar-refractivity contribution in [3.8, 4) is 0 Å². The number of para-hydroxylation sites is 1. The van der Waals surface area contributed by atoms with Gasteiger partial charge in [-0.3, -0.25) is 14.2 Å². The van der Waals surface area contributed by atoms with E-state index in [1.165, 1.54) is 10.9 Å². The van der Waals surface area contributed by atoms with Crippen molar-refractivity contribution in [2.24, 2.45) is 0 Å². The van der Waals surface area contributed by atoms with Gasteiger partial charge in [-0.1, -0.05) is 12.1 Å². The highest BCUT2D eigenvalue weighted by Crippen LogP contribution is 2.04. The Morgan fingerprint density at radius 3 is 2.92 bits per heavy atom. The molecule has 1 aromatic carbocycles. The van der Waals surface area contributed by atoms with E-state index in [1.807, 2.05) is 10.6 Å². The van der Waals surface area contributed by atoms with Crippen LogP contribution in [0.25, 0.3) is 10.9 Å². The van der Waals surface area contributed by atoms with Crippen LogP contribution in [0.2, 0.25) is 0 Å². The van der Waals surface area contributed by atoms with Crippen LogP contribution < -0.4 is 10.9 Å². The zero-order valence-electron chi connectivity index (χ0n) is 14.5. The normalized spacial score (nSPS) is 11.0. The molecule has 1 N–H and O–H groups in total. The Kier molecular flexibility index (Phi) is 5.69. The Morgan fingerprint density at radius 1 is 1.23 bits per heavy atom. The fourth-order valence-electron chi connectivity index (χ4n) is 2.59. The molecule has 136 valence electrons. The second kappa shape index (κ2) is 8.34. The van der Waals surface area contributed by atoms with E-state index in [2.05, 4.69) is 20.5 Å². The molecule has 0 fully saturated rings. The number of nitrogens with one attached hydrogen (secondary N) is 1. The topological polar surface area (TPSA) is 104 Å². The number of aromatic nitrogens is 5. The zero-order valence-corrected chi connectivity index (χ0v) is 14.5. The molecule has 3 aromatic rings. The number of amides is 1. The maximum atomic E-state index is 12.4. The van der Waals surface area contributed by atoms with E-state index in [9.17, 15) is 9.59 Å². The zero-order chi connectivity index (χ0) is 18.4. The van der Waals surface area contributed by atoms with Gasteiger partial charge in [-0.2, -0.15) is 0 Å². The van der Waals surface area contributed by atoms with E-state index in [4.69, 9.17) is 4.74 Å². The van der Waals surface area contributed by atoms with Gasteiger partial charge in [0.25, 0.3) is 5.56 Å². The molecule has 2 heterocycles. The van der Waals surface area contributed by atoms with Crippen LogP contribution in [0.1, 0.15) is 12.2 Å². The minimum absolute atomic E-state index is 0.103. The number of hydrogen-bond acceptors (Lipinski definition) is 6. The third-order valence-corrected chi connectivity index (χ3v) is 3.93. The Balaban J connectivity index is 1.61. The summed E-state index contributed by atoms with van der Waals surface area (Å²) in [7, 11) is 1.65. The molecule has 0 saturated carbocycles. The predicted octanol–water partition coefficient (Wildman–Crippen LogP) is 0.341. The smallest absolute Gasteiger partial charge is 0.261 e. The summed E-state index contributed by atoms with van der Waals surface area (Å²) in [5.74, 6) is 0.356. The van der Waals surface area contributed by atoms with Gasteiger partial charge in [0.2, 0.25) is 5.91 Å². The summed E-state index contributed by atoms with van der Waals surface area (Å²) in [6.45, 7) is 1.48. The molecule has 0 spiro atoms. The van der Waals surface area contributed by atoms with Crippen LogP contribution in [0, 0.1) is 0 Å². The van der Waals surface area contributed by atoms with Crippen molar-refractivity contribution in [3.63, 3.8) is 0 Å². The van der Waals surface area contributed by atoms with E-state index in [1.54, 1.807) is 31.6 Å². The first-order chi connectivity index (χ1) is 12.7. The number of rotatable bonds is 8. The summed E-state index contributed by atoms with van der Waals surface area (Å²) in [6.07, 6.45) is 3.83. The lowest BCUT2D eigenvalue weighted by atomic mass is 10.2. The summed E-state index contributed by atoms with van der Waals surface area (Å²) in [6, 6.07) is 7.04. The minimum atomic E-state index is -0.296. The first-order valence-electron chi connectivity index (χ1n) is 8.25. The van der Waals surface area contributed by atoms with E-state index in [-0.39, 0.29) is 24.6 Å². The number of hydrogen-bond donors (Lipinski definition) is 1. The molecule has 26 heavy (non-hydrogen) atoms. The summed E-state index contributed by atoms with van der Waals surface area (Å²) in [5, 5.41) is 11.1. The Morgan fingerprint density at radius 2 is 2.08 bits per heavy atom. The van der Waals surface area contributed by atoms with Crippen LogP contribution >= 0.6 is 0 Å². The molecule has 0 aliphatic rings. The van der Waals surface area contributed by atoms with Crippen molar-refractivity contribution in [3.05, 3.63) is 53.1 Å². The van der Waals surface area contributed by atoms with E-state index in [0.717, 1.165) is 6.42 Å². The van der Waals surface area contributed by atoms with Gasteiger partial charge in [-0.25, -0.2) is 4.98 Å². The SMILES string of the molecule is COCCCn1cnnc1CNC(=O)Cn1cnc2ccccc2c1=O. The predicted molar refractivity (Wildman–Crippen MR) is 94.4 cm³/mol. The maximum absolute atomic E-state index is 12.4. The van der Waals surface area contributed by atoms with E-state index in [0.29, 0.717) is 29.9 Å². The minimum Gasteiger partial charge on any atom is -0.385 e. The number of carbonyl (C=O) groups is 1. The molecule has 0 bridgehead atoms. The number of fused-ring (bicyclic) bond motifs is 1. The highest BCUT2D eigenvalue weighted by molar-refractivity contribution is 5.78. The summed E-state index contributed by atoms with van der Waals surface area (Å²) < 4.78 is 8.18. The monoisotopic (exact) mass is 356 g/mol. The summed E-state index contributed by atoms with van der Waals surface area (Å²) in [4.78, 5) is 28.8. The molecule has 0 aliphatic carbocycles. The number of nitrogens with zero attached hydrogens (tertiary/aromatic N) is 5. The molecular weight excluding hydrogens is 336 g/mol. The highest BCUT2D eigenvalue weighted by Gasteiger charge is 2.10. The Bertz CT molecular complexity index is 949. The molecule has 0 radical (unpaired) electrons. The fourth-order valence-corrected chi connectivity index (χ4v) is 2.59. The molecule has 9 heteroatoms. The van der Waals surface area contributed by atoms with Crippen molar-refractivity contribution >= 4 is 16.8 Å². The number of ether oxygens (including phenoxy) is 1. The van der Waals surface area contributed by atoms with Gasteiger partial charge in [-0.15, -0.1) is 10.2 Å². The molecule has 2 aromatic heterocycles. The molecule has 1 amide bonds.